The lowest BCUT2D eigenvalue weighted by Crippen LogP contribution is -2.42. The van der Waals surface area contributed by atoms with Crippen LogP contribution in [0.2, 0.25) is 0 Å². The van der Waals surface area contributed by atoms with Gasteiger partial charge >= 0.3 is 0 Å². The second kappa shape index (κ2) is 9.21. The maximum atomic E-state index is 12.3. The Morgan fingerprint density at radius 2 is 2.09 bits per heavy atom. The van der Waals surface area contributed by atoms with Crippen molar-refractivity contribution < 1.29 is 19.7 Å². The molecule has 35 heavy (non-hydrogen) atoms. The number of nitrogens with one attached hydrogen (secondary N) is 2. The molecule has 0 saturated carbocycles. The molecule has 184 valence electrons. The number of nitrogens with zero attached hydrogens (tertiary/aromatic N) is 6. The second-order valence-corrected chi connectivity index (χ2v) is 8.50. The average Bonchev–Trinajstić information content (AvgIpc) is 3.55. The Labute approximate surface area is 201 Å². The molecule has 0 unspecified atom stereocenters. The van der Waals surface area contributed by atoms with Crippen molar-refractivity contribution in [1.29, 1.82) is 0 Å². The van der Waals surface area contributed by atoms with Crippen molar-refractivity contribution in [2.75, 3.05) is 18.9 Å². The molecule has 1 saturated heterocycles. The molecule has 3 aromatic heterocycles. The molecule has 1 amide bonds. The number of ether oxygens (including phenoxy) is 1. The highest BCUT2D eigenvalue weighted by atomic mass is 16.6. The molecule has 0 radical (unpaired) electrons. The number of allylic oxidation sites excluding steroid dienone is 4. The molecule has 0 spiro atoms. The summed E-state index contributed by atoms with van der Waals surface area (Å²) >= 11 is 0. The minimum atomic E-state index is -1.40. The molecule has 1 aliphatic heterocycles. The Morgan fingerprint density at radius 3 is 2.80 bits per heavy atom. The Kier molecular flexibility index (Phi) is 6.09. The number of aryl methyl sites for hydroxylation is 1. The number of amides is 1. The lowest BCUT2D eigenvalue weighted by molar-refractivity contribution is -0.137. The lowest BCUT2D eigenvalue weighted by Gasteiger charge is -2.17. The van der Waals surface area contributed by atoms with Gasteiger partial charge in [0.2, 0.25) is 0 Å². The number of imidazole rings is 1. The first-order chi connectivity index (χ1) is 16.9. The van der Waals surface area contributed by atoms with Gasteiger partial charge in [-0.3, -0.25) is 14.0 Å². The maximum absolute atomic E-state index is 12.3. The van der Waals surface area contributed by atoms with Gasteiger partial charge in [-0.25, -0.2) is 15.0 Å². The molecule has 12 heteroatoms. The monoisotopic (exact) mass is 480 g/mol. The third kappa shape index (κ3) is 3.99. The Bertz CT molecular complexity index is 1330. The number of anilines is 1. The summed E-state index contributed by atoms with van der Waals surface area (Å²) in [6.45, 7) is 2.14. The summed E-state index contributed by atoms with van der Waals surface area (Å²) in [6.07, 6.45) is 6.50. The van der Waals surface area contributed by atoms with E-state index in [0.29, 0.717) is 29.4 Å². The van der Waals surface area contributed by atoms with E-state index < -0.39 is 30.4 Å². The SMILES string of the molecule is CCNC(=O)[C@H]1O[C@@H](n2cnc3c(NC)nc(-c4cn(C)nc4C4=CCCC=C4)nc32)[C@H](O)[C@@H]1O. The largest absolute Gasteiger partial charge is 0.387 e. The second-order valence-electron chi connectivity index (χ2n) is 8.50. The Balaban J connectivity index is 1.60. The van der Waals surface area contributed by atoms with Gasteiger partial charge in [0.1, 0.15) is 17.9 Å². The van der Waals surface area contributed by atoms with Crippen LogP contribution in [0.25, 0.3) is 28.1 Å². The fourth-order valence-corrected chi connectivity index (χ4v) is 4.43. The van der Waals surface area contributed by atoms with Crippen LogP contribution in [0.4, 0.5) is 5.82 Å². The van der Waals surface area contributed by atoms with Crippen LogP contribution in [0, 0.1) is 0 Å². The minimum absolute atomic E-state index is 0.376. The van der Waals surface area contributed by atoms with Crippen molar-refractivity contribution in [3.8, 4) is 11.4 Å². The summed E-state index contributed by atoms with van der Waals surface area (Å²) in [5.41, 5.74) is 3.35. The van der Waals surface area contributed by atoms with Crippen molar-refractivity contribution in [1.82, 2.24) is 34.6 Å². The molecule has 4 N–H and O–H groups in total. The number of aliphatic hydroxyl groups excluding tert-OH is 2. The van der Waals surface area contributed by atoms with Crippen LogP contribution >= 0.6 is 0 Å². The first kappa shape index (κ1) is 23.1. The zero-order valence-corrected chi connectivity index (χ0v) is 19.7. The van der Waals surface area contributed by atoms with Crippen molar-refractivity contribution >= 4 is 28.5 Å². The van der Waals surface area contributed by atoms with Gasteiger partial charge in [-0.2, -0.15) is 5.10 Å². The van der Waals surface area contributed by atoms with Crippen molar-refractivity contribution in [3.63, 3.8) is 0 Å². The van der Waals surface area contributed by atoms with E-state index in [1.54, 1.807) is 18.7 Å². The quantitative estimate of drug-likeness (QED) is 0.400. The zero-order chi connectivity index (χ0) is 24.7. The summed E-state index contributed by atoms with van der Waals surface area (Å²) in [5.74, 6) is 0.408. The summed E-state index contributed by atoms with van der Waals surface area (Å²) < 4.78 is 9.03. The molecule has 2 aliphatic rings. The van der Waals surface area contributed by atoms with Gasteiger partial charge in [-0.05, 0) is 25.3 Å². The number of carbonyl (C=O) groups excluding carboxylic acids is 1. The van der Waals surface area contributed by atoms with E-state index in [2.05, 4.69) is 37.9 Å². The molecule has 0 aromatic carbocycles. The van der Waals surface area contributed by atoms with Crippen LogP contribution < -0.4 is 10.6 Å². The Morgan fingerprint density at radius 1 is 1.26 bits per heavy atom. The van der Waals surface area contributed by atoms with Gasteiger partial charge in [-0.15, -0.1) is 0 Å². The smallest absolute Gasteiger partial charge is 0.252 e. The van der Waals surface area contributed by atoms with E-state index in [4.69, 9.17) is 9.72 Å². The van der Waals surface area contributed by atoms with E-state index in [1.807, 2.05) is 19.3 Å². The highest BCUT2D eigenvalue weighted by Crippen LogP contribution is 2.35. The number of likely N-dealkylation sites (N-methyl/N-ethyl adjacent to an activating group) is 1. The molecule has 12 nitrogen and oxygen atoms in total. The molecule has 5 rings (SSSR count). The topological polar surface area (TPSA) is 152 Å². The predicted molar refractivity (Wildman–Crippen MR) is 128 cm³/mol. The van der Waals surface area contributed by atoms with Crippen LogP contribution in [0.15, 0.2) is 30.8 Å². The first-order valence-electron chi connectivity index (χ1n) is 11.6. The van der Waals surface area contributed by atoms with Crippen LogP contribution in [-0.4, -0.2) is 77.3 Å². The number of hydrogen-bond donors (Lipinski definition) is 4. The predicted octanol–water partition coefficient (Wildman–Crippen LogP) is 0.757. The Hall–Kier alpha value is -3.61. The average molecular weight is 481 g/mol. The van der Waals surface area contributed by atoms with Crippen LogP contribution in [0.5, 0.6) is 0 Å². The molecule has 0 bridgehead atoms. The lowest BCUT2D eigenvalue weighted by atomic mass is 10.0. The summed E-state index contributed by atoms with van der Waals surface area (Å²) in [6, 6.07) is 0. The van der Waals surface area contributed by atoms with Crippen LogP contribution in [0.3, 0.4) is 0 Å². The first-order valence-corrected chi connectivity index (χ1v) is 11.6. The third-order valence-electron chi connectivity index (χ3n) is 6.12. The fraction of sp³-hybridized carbons (Fsp3) is 0.435. The van der Waals surface area contributed by atoms with E-state index in [-0.39, 0.29) is 0 Å². The number of aromatic nitrogens is 6. The van der Waals surface area contributed by atoms with Crippen molar-refractivity contribution in [3.05, 3.63) is 36.4 Å². The van der Waals surface area contributed by atoms with E-state index in [0.717, 1.165) is 29.7 Å². The van der Waals surface area contributed by atoms with E-state index in [9.17, 15) is 15.0 Å². The number of rotatable bonds is 6. The van der Waals surface area contributed by atoms with Gasteiger partial charge in [0, 0.05) is 26.8 Å². The van der Waals surface area contributed by atoms with E-state index >= 15 is 0 Å². The van der Waals surface area contributed by atoms with Crippen molar-refractivity contribution in [2.45, 2.75) is 44.3 Å². The van der Waals surface area contributed by atoms with Gasteiger partial charge in [0.15, 0.2) is 35.1 Å². The van der Waals surface area contributed by atoms with Gasteiger partial charge in [-0.1, -0.05) is 18.2 Å². The fourth-order valence-electron chi connectivity index (χ4n) is 4.43. The molecule has 4 atom stereocenters. The summed E-state index contributed by atoms with van der Waals surface area (Å²) in [4.78, 5) is 26.2. The van der Waals surface area contributed by atoms with E-state index in [1.165, 1.54) is 10.9 Å². The van der Waals surface area contributed by atoms with Crippen LogP contribution in [0.1, 0.15) is 31.7 Å². The van der Waals surface area contributed by atoms with Crippen LogP contribution in [-0.2, 0) is 16.6 Å². The third-order valence-corrected chi connectivity index (χ3v) is 6.12. The normalized spacial score (nSPS) is 24.1. The molecular weight excluding hydrogens is 452 g/mol. The molecule has 3 aromatic rings. The number of fused-ring (bicyclic) bond motifs is 1. The van der Waals surface area contributed by atoms with Gasteiger partial charge in [0.25, 0.3) is 5.91 Å². The van der Waals surface area contributed by atoms with Gasteiger partial charge < -0.3 is 25.6 Å². The molecule has 1 fully saturated rings. The highest BCUT2D eigenvalue weighted by molar-refractivity contribution is 5.88. The van der Waals surface area contributed by atoms with Gasteiger partial charge in [0.05, 0.1) is 11.9 Å². The minimum Gasteiger partial charge on any atom is -0.387 e. The molecular formula is C23H28N8O4. The molecule has 1 aliphatic carbocycles. The number of aliphatic hydroxyl groups is 2. The summed E-state index contributed by atoms with van der Waals surface area (Å²) in [7, 11) is 3.57. The summed E-state index contributed by atoms with van der Waals surface area (Å²) in [5, 5.41) is 31.5. The zero-order valence-electron chi connectivity index (χ0n) is 19.7. The highest BCUT2D eigenvalue weighted by Gasteiger charge is 2.47. The van der Waals surface area contributed by atoms with Crippen molar-refractivity contribution in [2.24, 2.45) is 7.05 Å². The number of carbonyl (C=O) groups is 1. The maximum Gasteiger partial charge on any atom is 0.252 e. The molecule has 4 heterocycles. The standard InChI is InChI=1S/C23H28N8O4/c1-4-25-22(34)18-16(32)17(33)23(35-18)31-11-26-15-20(24-2)27-19(28-21(15)31)13-10-30(3)29-14(13)12-8-6-5-7-9-12/h6,8-11,16-18,23,32-33H,4-5,7H2,1-3H3,(H,25,34)(H,24,27,28)/t16-,17+,18-,23+/m0/s1. The number of hydrogen-bond acceptors (Lipinski definition) is 9.